The molecule has 0 bridgehead atoms. The van der Waals surface area contributed by atoms with Crippen molar-refractivity contribution in [1.29, 1.82) is 0 Å². The van der Waals surface area contributed by atoms with E-state index >= 15 is 0 Å². The summed E-state index contributed by atoms with van der Waals surface area (Å²) in [6, 6.07) is 0. The first-order valence-corrected chi connectivity index (χ1v) is 7.31. The molecule has 16 heavy (non-hydrogen) atoms. The number of hydrogen-bond donors (Lipinski definition) is 1. The summed E-state index contributed by atoms with van der Waals surface area (Å²) < 4.78 is 0. The second-order valence-electron chi connectivity index (χ2n) is 5.70. The number of carboxylic acids is 1. The van der Waals surface area contributed by atoms with Crippen molar-refractivity contribution in [2.45, 2.75) is 58.1 Å². The number of hydrogen-bond acceptors (Lipinski definition) is 2. The van der Waals surface area contributed by atoms with E-state index in [2.05, 4.69) is 6.92 Å². The zero-order valence-corrected chi connectivity index (χ0v) is 11.5. The van der Waals surface area contributed by atoms with E-state index in [-0.39, 0.29) is 0 Å². The minimum atomic E-state index is -0.676. The third-order valence-corrected chi connectivity index (χ3v) is 4.89. The van der Waals surface area contributed by atoms with Crippen molar-refractivity contribution in [3.05, 3.63) is 0 Å². The number of aliphatic carboxylic acids is 1. The van der Waals surface area contributed by atoms with E-state index in [1.807, 2.05) is 25.6 Å². The molecule has 2 unspecified atom stereocenters. The molecule has 94 valence electrons. The van der Waals surface area contributed by atoms with Crippen LogP contribution in [-0.4, -0.2) is 22.1 Å². The quantitative estimate of drug-likeness (QED) is 0.799. The molecular weight excluding hydrogens is 220 g/mol. The number of rotatable bonds is 5. The summed E-state index contributed by atoms with van der Waals surface area (Å²) in [5.74, 6) is 1.17. The van der Waals surface area contributed by atoms with Crippen molar-refractivity contribution in [2.24, 2.45) is 11.3 Å². The fraction of sp³-hybridized carbons (Fsp3) is 0.923. The van der Waals surface area contributed by atoms with Gasteiger partial charge >= 0.3 is 5.97 Å². The maximum atomic E-state index is 10.9. The van der Waals surface area contributed by atoms with Crippen LogP contribution in [0.2, 0.25) is 0 Å². The van der Waals surface area contributed by atoms with Gasteiger partial charge < -0.3 is 5.11 Å². The first-order chi connectivity index (χ1) is 7.42. The zero-order valence-electron chi connectivity index (χ0n) is 10.7. The van der Waals surface area contributed by atoms with Crippen LogP contribution in [0.4, 0.5) is 0 Å². The van der Waals surface area contributed by atoms with Gasteiger partial charge in [0.25, 0.3) is 0 Å². The van der Waals surface area contributed by atoms with Gasteiger partial charge in [0.1, 0.15) is 0 Å². The van der Waals surface area contributed by atoms with Gasteiger partial charge in [0.15, 0.2) is 0 Å². The van der Waals surface area contributed by atoms with Gasteiger partial charge in [0.2, 0.25) is 0 Å². The van der Waals surface area contributed by atoms with Crippen molar-refractivity contribution in [3.63, 3.8) is 0 Å². The molecule has 2 atom stereocenters. The maximum absolute atomic E-state index is 10.9. The zero-order chi connectivity index (χ0) is 12.2. The molecule has 1 N–H and O–H groups in total. The average Bonchev–Trinajstić information content (AvgIpc) is 2.17. The normalized spacial score (nSPS) is 26.7. The minimum absolute atomic E-state index is 0.562. The number of carboxylic acid groups (broad SMARTS) is 1. The summed E-state index contributed by atoms with van der Waals surface area (Å²) in [7, 11) is 0. The molecular formula is C13H24O2S. The third kappa shape index (κ3) is 4.36. The van der Waals surface area contributed by atoms with E-state index < -0.39 is 11.4 Å². The lowest BCUT2D eigenvalue weighted by Crippen LogP contribution is -2.25. The summed E-state index contributed by atoms with van der Waals surface area (Å²) in [6.45, 7) is 5.96. The van der Waals surface area contributed by atoms with Gasteiger partial charge in [-0.15, -0.1) is 0 Å². The number of carbonyl (C=O) groups is 1. The molecule has 0 heterocycles. The van der Waals surface area contributed by atoms with E-state index in [0.29, 0.717) is 0 Å². The smallest absolute Gasteiger partial charge is 0.309 e. The maximum Gasteiger partial charge on any atom is 0.309 e. The molecule has 0 spiro atoms. The van der Waals surface area contributed by atoms with Crippen LogP contribution in [-0.2, 0) is 4.79 Å². The van der Waals surface area contributed by atoms with Crippen molar-refractivity contribution in [3.8, 4) is 0 Å². The molecule has 0 radical (unpaired) electrons. The second-order valence-corrected chi connectivity index (χ2v) is 7.11. The van der Waals surface area contributed by atoms with E-state index in [1.165, 1.54) is 25.7 Å². The molecule has 0 amide bonds. The highest BCUT2D eigenvalue weighted by Gasteiger charge is 2.27. The Morgan fingerprint density at radius 2 is 2.12 bits per heavy atom. The van der Waals surface area contributed by atoms with Crippen LogP contribution in [0, 0.1) is 11.3 Å². The monoisotopic (exact) mass is 244 g/mol. The van der Waals surface area contributed by atoms with Crippen molar-refractivity contribution in [2.75, 3.05) is 5.75 Å². The molecule has 2 nitrogen and oxygen atoms in total. The van der Waals surface area contributed by atoms with E-state index in [1.54, 1.807) is 0 Å². The van der Waals surface area contributed by atoms with Crippen LogP contribution in [0.15, 0.2) is 0 Å². The molecule has 3 heteroatoms. The molecule has 1 rings (SSSR count). The summed E-state index contributed by atoms with van der Waals surface area (Å²) in [5.41, 5.74) is -0.562. The first-order valence-electron chi connectivity index (χ1n) is 6.27. The molecule has 1 fully saturated rings. The predicted octanol–water partition coefficient (Wildman–Crippen LogP) is 3.80. The largest absolute Gasteiger partial charge is 0.481 e. The Hall–Kier alpha value is -0.180. The minimum Gasteiger partial charge on any atom is -0.481 e. The Morgan fingerprint density at radius 3 is 2.69 bits per heavy atom. The van der Waals surface area contributed by atoms with Crippen LogP contribution >= 0.6 is 11.8 Å². The molecule has 1 aliphatic rings. The van der Waals surface area contributed by atoms with Gasteiger partial charge in [-0.2, -0.15) is 11.8 Å². The van der Waals surface area contributed by atoms with Crippen molar-refractivity contribution >= 4 is 17.7 Å². The second kappa shape index (κ2) is 5.95. The van der Waals surface area contributed by atoms with Gasteiger partial charge in [-0.3, -0.25) is 4.79 Å². The highest BCUT2D eigenvalue weighted by molar-refractivity contribution is 7.99. The molecule has 1 saturated carbocycles. The Labute approximate surface area is 103 Å². The topological polar surface area (TPSA) is 37.3 Å². The standard InChI is InChI=1S/C13H24O2S/c1-10-5-4-6-11(9-10)16-8-7-13(2,3)12(14)15/h10-11H,4-9H2,1-3H3,(H,14,15). The van der Waals surface area contributed by atoms with Gasteiger partial charge in [0.05, 0.1) is 5.41 Å². The SMILES string of the molecule is CC1CCCC(SCCC(C)(C)C(=O)O)C1. The Morgan fingerprint density at radius 1 is 1.44 bits per heavy atom. The fourth-order valence-electron chi connectivity index (χ4n) is 2.12. The van der Waals surface area contributed by atoms with E-state index in [0.717, 1.165) is 23.3 Å². The number of thioether (sulfide) groups is 1. The lowest BCUT2D eigenvalue weighted by Gasteiger charge is -2.27. The van der Waals surface area contributed by atoms with Crippen LogP contribution in [0.3, 0.4) is 0 Å². The highest BCUT2D eigenvalue weighted by Crippen LogP contribution is 2.33. The van der Waals surface area contributed by atoms with Gasteiger partial charge in [-0.25, -0.2) is 0 Å². The first kappa shape index (κ1) is 13.9. The average molecular weight is 244 g/mol. The van der Waals surface area contributed by atoms with Crippen LogP contribution in [0.25, 0.3) is 0 Å². The van der Waals surface area contributed by atoms with Crippen LogP contribution in [0.5, 0.6) is 0 Å². The molecule has 0 aromatic rings. The highest BCUT2D eigenvalue weighted by atomic mass is 32.2. The van der Waals surface area contributed by atoms with Gasteiger partial charge in [-0.05, 0) is 44.8 Å². The molecule has 0 aromatic heterocycles. The molecule has 0 saturated heterocycles. The van der Waals surface area contributed by atoms with Gasteiger partial charge in [0, 0.05) is 5.25 Å². The molecule has 1 aliphatic carbocycles. The summed E-state index contributed by atoms with van der Waals surface area (Å²) >= 11 is 1.98. The predicted molar refractivity (Wildman–Crippen MR) is 69.9 cm³/mol. The molecule has 0 aliphatic heterocycles. The summed E-state index contributed by atoms with van der Waals surface area (Å²) in [4.78, 5) is 10.9. The lowest BCUT2D eigenvalue weighted by molar-refractivity contribution is -0.146. The van der Waals surface area contributed by atoms with Crippen LogP contribution < -0.4 is 0 Å². The Bertz CT molecular complexity index is 238. The van der Waals surface area contributed by atoms with E-state index in [9.17, 15) is 4.79 Å². The summed E-state index contributed by atoms with van der Waals surface area (Å²) in [5, 5.41) is 9.78. The van der Waals surface area contributed by atoms with Gasteiger partial charge in [-0.1, -0.05) is 19.8 Å². The Balaban J connectivity index is 2.22. The third-order valence-electron chi connectivity index (χ3n) is 3.55. The Kier molecular flexibility index (Phi) is 5.16. The van der Waals surface area contributed by atoms with E-state index in [4.69, 9.17) is 5.11 Å². The van der Waals surface area contributed by atoms with Crippen molar-refractivity contribution < 1.29 is 9.90 Å². The fourth-order valence-corrected chi connectivity index (χ4v) is 3.88. The van der Waals surface area contributed by atoms with Crippen LogP contribution in [0.1, 0.15) is 52.9 Å². The van der Waals surface area contributed by atoms with Crippen molar-refractivity contribution in [1.82, 2.24) is 0 Å². The lowest BCUT2D eigenvalue weighted by atomic mass is 9.90. The summed E-state index contributed by atoms with van der Waals surface area (Å²) in [6.07, 6.45) is 6.14. The molecule has 0 aromatic carbocycles.